The molecule has 0 spiro atoms. The number of ether oxygens (including phenoxy) is 2. The van der Waals surface area contributed by atoms with E-state index in [9.17, 15) is 19.7 Å². The number of carbonyl (C=O) groups excluding carboxylic acids is 2. The summed E-state index contributed by atoms with van der Waals surface area (Å²) < 4.78 is 9.95. The van der Waals surface area contributed by atoms with Gasteiger partial charge in [-0.15, -0.1) is 0 Å². The van der Waals surface area contributed by atoms with Gasteiger partial charge in [0.2, 0.25) is 0 Å². The summed E-state index contributed by atoms with van der Waals surface area (Å²) in [6.45, 7) is 5.22. The number of methoxy groups -OCH3 is 1. The van der Waals surface area contributed by atoms with Crippen molar-refractivity contribution in [2.75, 3.05) is 25.6 Å². The minimum Gasteiger partial charge on any atom is -0.460 e. The second kappa shape index (κ2) is 8.45. The van der Waals surface area contributed by atoms with Gasteiger partial charge in [0.25, 0.3) is 11.6 Å². The lowest BCUT2D eigenvalue weighted by Gasteiger charge is -2.08. The molecule has 0 aliphatic carbocycles. The summed E-state index contributed by atoms with van der Waals surface area (Å²) in [5.41, 5.74) is 1.99. The Kier molecular flexibility index (Phi) is 6.30. The molecule has 27 heavy (non-hydrogen) atoms. The lowest BCUT2D eigenvalue weighted by atomic mass is 10.1. The zero-order chi connectivity index (χ0) is 20.1. The Morgan fingerprint density at radius 3 is 2.52 bits per heavy atom. The van der Waals surface area contributed by atoms with Crippen LogP contribution in [0.4, 0.5) is 11.4 Å². The molecule has 0 radical (unpaired) electrons. The number of anilines is 1. The second-order valence-corrected chi connectivity index (χ2v) is 5.91. The highest BCUT2D eigenvalue weighted by atomic mass is 16.6. The number of aromatic nitrogens is 1. The van der Waals surface area contributed by atoms with E-state index in [1.54, 1.807) is 26.8 Å². The van der Waals surface area contributed by atoms with Gasteiger partial charge in [-0.05, 0) is 32.4 Å². The van der Waals surface area contributed by atoms with Crippen LogP contribution in [-0.2, 0) is 9.47 Å². The molecule has 2 rings (SSSR count). The summed E-state index contributed by atoms with van der Waals surface area (Å²) in [4.78, 5) is 38.3. The number of hydrogen-bond acceptors (Lipinski definition) is 6. The van der Waals surface area contributed by atoms with Gasteiger partial charge in [-0.25, -0.2) is 4.79 Å². The maximum atomic E-state index is 12.6. The number of nitrogens with zero attached hydrogens (tertiary/aromatic N) is 1. The van der Waals surface area contributed by atoms with Crippen molar-refractivity contribution in [2.45, 2.75) is 20.8 Å². The number of hydrogen-bond donors (Lipinski definition) is 2. The van der Waals surface area contributed by atoms with Crippen molar-refractivity contribution in [3.05, 3.63) is 56.4 Å². The minimum absolute atomic E-state index is 0.0883. The van der Waals surface area contributed by atoms with Crippen LogP contribution in [0.5, 0.6) is 0 Å². The minimum atomic E-state index is -0.552. The molecule has 0 saturated heterocycles. The van der Waals surface area contributed by atoms with E-state index in [2.05, 4.69) is 10.3 Å². The molecule has 1 amide bonds. The molecule has 0 aliphatic heterocycles. The first-order valence-electron chi connectivity index (χ1n) is 8.18. The monoisotopic (exact) mass is 375 g/mol. The van der Waals surface area contributed by atoms with E-state index in [1.807, 2.05) is 0 Å². The van der Waals surface area contributed by atoms with Gasteiger partial charge in [-0.1, -0.05) is 6.07 Å². The third-order valence-corrected chi connectivity index (χ3v) is 4.14. The summed E-state index contributed by atoms with van der Waals surface area (Å²) in [6, 6.07) is 4.43. The van der Waals surface area contributed by atoms with E-state index < -0.39 is 16.8 Å². The number of esters is 1. The molecule has 0 aliphatic rings. The van der Waals surface area contributed by atoms with Crippen LogP contribution >= 0.6 is 0 Å². The topological polar surface area (TPSA) is 124 Å². The first kappa shape index (κ1) is 20.1. The van der Waals surface area contributed by atoms with Crippen molar-refractivity contribution < 1.29 is 24.0 Å². The first-order valence-corrected chi connectivity index (χ1v) is 8.18. The maximum Gasteiger partial charge on any atom is 0.340 e. The summed E-state index contributed by atoms with van der Waals surface area (Å²) in [5, 5.41) is 13.7. The average Bonchev–Trinajstić information content (AvgIpc) is 2.91. The maximum absolute atomic E-state index is 12.6. The highest BCUT2D eigenvalue weighted by molar-refractivity contribution is 6.07. The summed E-state index contributed by atoms with van der Waals surface area (Å²) in [5.74, 6) is -1.06. The van der Waals surface area contributed by atoms with Crippen molar-refractivity contribution in [1.82, 2.24) is 4.98 Å². The van der Waals surface area contributed by atoms with E-state index in [1.165, 1.54) is 19.2 Å². The van der Waals surface area contributed by atoms with Crippen LogP contribution in [0.25, 0.3) is 0 Å². The number of aromatic amines is 1. The van der Waals surface area contributed by atoms with Crippen LogP contribution in [-0.4, -0.2) is 42.1 Å². The number of aryl methyl sites for hydroxylation is 1. The highest BCUT2D eigenvalue weighted by Crippen LogP contribution is 2.26. The van der Waals surface area contributed by atoms with Crippen LogP contribution in [0.15, 0.2) is 18.2 Å². The van der Waals surface area contributed by atoms with E-state index in [4.69, 9.17) is 9.47 Å². The molecule has 144 valence electrons. The lowest BCUT2D eigenvalue weighted by molar-refractivity contribution is -0.385. The number of nitrogens with one attached hydrogen (secondary N) is 2. The molecule has 1 aromatic carbocycles. The van der Waals surface area contributed by atoms with Gasteiger partial charge in [-0.2, -0.15) is 0 Å². The predicted octanol–water partition coefficient (Wildman–Crippen LogP) is 2.90. The van der Waals surface area contributed by atoms with Crippen molar-refractivity contribution in [1.29, 1.82) is 0 Å². The third kappa shape index (κ3) is 4.32. The Morgan fingerprint density at radius 2 is 1.89 bits per heavy atom. The Balaban J connectivity index is 2.26. The lowest BCUT2D eigenvalue weighted by Crippen LogP contribution is -2.15. The Bertz CT molecular complexity index is 887. The zero-order valence-electron chi connectivity index (χ0n) is 15.5. The van der Waals surface area contributed by atoms with E-state index in [0.717, 1.165) is 0 Å². The predicted molar refractivity (Wildman–Crippen MR) is 98.2 cm³/mol. The van der Waals surface area contributed by atoms with Crippen molar-refractivity contribution >= 4 is 23.3 Å². The van der Waals surface area contributed by atoms with Crippen LogP contribution in [0.1, 0.15) is 37.7 Å². The fourth-order valence-electron chi connectivity index (χ4n) is 2.71. The summed E-state index contributed by atoms with van der Waals surface area (Å²) in [7, 11) is 1.50. The molecule has 2 N–H and O–H groups in total. The van der Waals surface area contributed by atoms with Crippen LogP contribution < -0.4 is 5.32 Å². The Morgan fingerprint density at radius 1 is 1.19 bits per heavy atom. The van der Waals surface area contributed by atoms with Crippen molar-refractivity contribution in [3.63, 3.8) is 0 Å². The smallest absolute Gasteiger partial charge is 0.340 e. The van der Waals surface area contributed by atoms with Gasteiger partial charge >= 0.3 is 5.97 Å². The van der Waals surface area contributed by atoms with Crippen LogP contribution in [0.3, 0.4) is 0 Å². The van der Waals surface area contributed by atoms with Crippen LogP contribution in [0.2, 0.25) is 0 Å². The molecule has 9 nitrogen and oxygen atoms in total. The standard InChI is InChI=1S/C18H21N3O6/c1-10-13(6-5-7-14(10)21(24)25)20-17(22)16-11(2)15(12(3)19-16)18(23)27-9-8-26-4/h5-7,19H,8-9H2,1-4H3,(H,20,22). The van der Waals surface area contributed by atoms with Gasteiger partial charge < -0.3 is 19.8 Å². The number of H-pyrrole nitrogens is 1. The molecular formula is C18H21N3O6. The third-order valence-electron chi connectivity index (χ3n) is 4.14. The number of carbonyl (C=O) groups is 2. The van der Waals surface area contributed by atoms with Gasteiger partial charge in [0.05, 0.1) is 28.3 Å². The van der Waals surface area contributed by atoms with E-state index in [0.29, 0.717) is 22.5 Å². The molecule has 9 heteroatoms. The molecule has 2 aromatic rings. The second-order valence-electron chi connectivity index (χ2n) is 5.91. The number of nitro benzene ring substituents is 1. The number of benzene rings is 1. The molecule has 0 fully saturated rings. The molecule has 0 saturated carbocycles. The normalized spacial score (nSPS) is 10.5. The SMILES string of the molecule is COCCOC(=O)c1c(C)[nH]c(C(=O)Nc2cccc([N+](=O)[O-])c2C)c1C. The van der Waals surface area contributed by atoms with Crippen LogP contribution in [0, 0.1) is 30.9 Å². The highest BCUT2D eigenvalue weighted by Gasteiger charge is 2.24. The molecule has 0 unspecified atom stereocenters. The quantitative estimate of drug-likeness (QED) is 0.332. The largest absolute Gasteiger partial charge is 0.460 e. The average molecular weight is 375 g/mol. The van der Waals surface area contributed by atoms with Crippen molar-refractivity contribution in [3.8, 4) is 0 Å². The molecule has 0 bridgehead atoms. The van der Waals surface area contributed by atoms with Gasteiger partial charge in [0.1, 0.15) is 12.3 Å². The molecular weight excluding hydrogens is 354 g/mol. The fourth-order valence-corrected chi connectivity index (χ4v) is 2.71. The Labute approximate surface area is 155 Å². The zero-order valence-corrected chi connectivity index (χ0v) is 15.5. The fraction of sp³-hybridized carbons (Fsp3) is 0.333. The van der Waals surface area contributed by atoms with Gasteiger partial charge in [-0.3, -0.25) is 14.9 Å². The number of amides is 1. The molecule has 1 heterocycles. The number of rotatable bonds is 7. The van der Waals surface area contributed by atoms with E-state index in [-0.39, 0.29) is 30.2 Å². The summed E-state index contributed by atoms with van der Waals surface area (Å²) >= 11 is 0. The van der Waals surface area contributed by atoms with Crippen molar-refractivity contribution in [2.24, 2.45) is 0 Å². The molecule has 1 aromatic heterocycles. The Hall–Kier alpha value is -3.20. The molecule has 0 atom stereocenters. The van der Waals surface area contributed by atoms with E-state index >= 15 is 0 Å². The van der Waals surface area contributed by atoms with Gasteiger partial charge in [0.15, 0.2) is 0 Å². The first-order chi connectivity index (χ1) is 12.8. The van der Waals surface area contributed by atoms with Gasteiger partial charge in [0, 0.05) is 18.9 Å². The summed E-state index contributed by atoms with van der Waals surface area (Å²) in [6.07, 6.45) is 0. The number of nitro groups is 1.